The molecule has 162 valence electrons. The Kier molecular flexibility index (Phi) is 7.12. The van der Waals surface area contributed by atoms with E-state index in [9.17, 15) is 18.4 Å². The number of amides is 2. The van der Waals surface area contributed by atoms with Gasteiger partial charge in [0, 0.05) is 50.6 Å². The Labute approximate surface area is 179 Å². The second-order valence-electron chi connectivity index (χ2n) is 7.31. The predicted octanol–water partition coefficient (Wildman–Crippen LogP) is 3.20. The summed E-state index contributed by atoms with van der Waals surface area (Å²) in [5.74, 6) is -2.83. The third-order valence-electron chi connectivity index (χ3n) is 5.13. The normalized spacial score (nSPS) is 11.7. The number of benzene rings is 1. The molecular weight excluding hydrogens is 402 g/mol. The molecule has 2 heterocycles. The summed E-state index contributed by atoms with van der Waals surface area (Å²) in [4.78, 5) is 29.7. The van der Waals surface area contributed by atoms with Gasteiger partial charge >= 0.3 is 0 Å². The minimum atomic E-state index is -1.05. The molecule has 0 fully saturated rings. The number of aromatic nitrogens is 2. The van der Waals surface area contributed by atoms with Crippen molar-refractivity contribution >= 4 is 11.8 Å². The fourth-order valence-corrected chi connectivity index (χ4v) is 3.42. The van der Waals surface area contributed by atoms with Crippen LogP contribution in [0.2, 0.25) is 0 Å². The zero-order valence-electron chi connectivity index (χ0n) is 17.4. The van der Waals surface area contributed by atoms with Crippen LogP contribution in [0.1, 0.15) is 32.8 Å². The smallest absolute Gasteiger partial charge is 0.267 e. The molecule has 1 N–H and O–H groups in total. The quantitative estimate of drug-likeness (QED) is 0.563. The Balaban J connectivity index is 1.73. The first-order valence-corrected chi connectivity index (χ1v) is 9.89. The van der Waals surface area contributed by atoms with Crippen LogP contribution in [0.5, 0.6) is 0 Å². The molecule has 0 unspecified atom stereocenters. The molecule has 0 aliphatic carbocycles. The van der Waals surface area contributed by atoms with Crippen molar-refractivity contribution < 1.29 is 18.4 Å². The lowest BCUT2D eigenvalue weighted by Crippen LogP contribution is -2.41. The third kappa shape index (κ3) is 5.75. The molecule has 0 radical (unpaired) electrons. The molecule has 0 bridgehead atoms. The standard InChI is InChI=1S/C23H24F2N4O2/c1-28-12-6-9-19(28)22(30)26-11-10-18(13-16-7-4-3-5-8-16)29(2)23(31)17-14-20(24)27-21(25)15-17/h3-9,12,14-15,18H,10-11,13H2,1-2H3,(H,26,30)/t18-/m1/s1. The lowest BCUT2D eigenvalue weighted by Gasteiger charge is -2.29. The van der Waals surface area contributed by atoms with Crippen molar-refractivity contribution in [2.75, 3.05) is 13.6 Å². The number of hydrogen-bond donors (Lipinski definition) is 1. The summed E-state index contributed by atoms with van der Waals surface area (Å²) in [6.45, 7) is 0.332. The van der Waals surface area contributed by atoms with Gasteiger partial charge in [-0.15, -0.1) is 0 Å². The van der Waals surface area contributed by atoms with E-state index in [0.29, 0.717) is 25.1 Å². The highest BCUT2D eigenvalue weighted by Crippen LogP contribution is 2.15. The maximum Gasteiger partial charge on any atom is 0.267 e. The van der Waals surface area contributed by atoms with E-state index in [4.69, 9.17) is 0 Å². The van der Waals surface area contributed by atoms with E-state index in [2.05, 4.69) is 10.3 Å². The molecule has 0 saturated heterocycles. The molecule has 1 aromatic carbocycles. The number of rotatable bonds is 8. The van der Waals surface area contributed by atoms with E-state index < -0.39 is 17.8 Å². The van der Waals surface area contributed by atoms with Crippen molar-refractivity contribution in [3.63, 3.8) is 0 Å². The van der Waals surface area contributed by atoms with E-state index in [1.807, 2.05) is 30.3 Å². The first-order chi connectivity index (χ1) is 14.8. The van der Waals surface area contributed by atoms with Gasteiger partial charge in [0.1, 0.15) is 5.69 Å². The molecule has 0 spiro atoms. The van der Waals surface area contributed by atoms with Crippen LogP contribution in [0.25, 0.3) is 0 Å². The van der Waals surface area contributed by atoms with Gasteiger partial charge in [0.15, 0.2) is 0 Å². The number of carbonyl (C=O) groups excluding carboxylic acids is 2. The summed E-state index contributed by atoms with van der Waals surface area (Å²) in [5.41, 5.74) is 1.43. The first kappa shape index (κ1) is 22.1. The fraction of sp³-hybridized carbons (Fsp3) is 0.261. The molecule has 0 saturated carbocycles. The fourth-order valence-electron chi connectivity index (χ4n) is 3.42. The van der Waals surface area contributed by atoms with Gasteiger partial charge in [0.2, 0.25) is 11.9 Å². The molecular formula is C23H24F2N4O2. The second-order valence-corrected chi connectivity index (χ2v) is 7.31. The molecule has 6 nitrogen and oxygen atoms in total. The van der Waals surface area contributed by atoms with Crippen LogP contribution >= 0.6 is 0 Å². The molecule has 31 heavy (non-hydrogen) atoms. The van der Waals surface area contributed by atoms with Crippen molar-refractivity contribution in [2.45, 2.75) is 18.9 Å². The molecule has 1 atom stereocenters. The van der Waals surface area contributed by atoms with Gasteiger partial charge in [0.05, 0.1) is 0 Å². The molecule has 3 aromatic rings. The maximum atomic E-state index is 13.5. The zero-order valence-corrected chi connectivity index (χ0v) is 17.4. The molecule has 3 rings (SSSR count). The third-order valence-corrected chi connectivity index (χ3v) is 5.13. The minimum Gasteiger partial charge on any atom is -0.351 e. The largest absolute Gasteiger partial charge is 0.351 e. The lowest BCUT2D eigenvalue weighted by atomic mass is 10.0. The lowest BCUT2D eigenvalue weighted by molar-refractivity contribution is 0.0721. The number of halogens is 2. The Morgan fingerprint density at radius 2 is 1.77 bits per heavy atom. The van der Waals surface area contributed by atoms with Gasteiger partial charge in [0.25, 0.3) is 11.8 Å². The highest BCUT2D eigenvalue weighted by Gasteiger charge is 2.23. The van der Waals surface area contributed by atoms with E-state index in [-0.39, 0.29) is 17.5 Å². The molecule has 2 aromatic heterocycles. The Morgan fingerprint density at radius 1 is 1.10 bits per heavy atom. The van der Waals surface area contributed by atoms with Crippen molar-refractivity contribution in [2.24, 2.45) is 7.05 Å². The minimum absolute atomic E-state index is 0.113. The Morgan fingerprint density at radius 3 is 2.39 bits per heavy atom. The van der Waals surface area contributed by atoms with Gasteiger partial charge in [-0.25, -0.2) is 0 Å². The highest BCUT2D eigenvalue weighted by atomic mass is 19.1. The highest BCUT2D eigenvalue weighted by molar-refractivity contribution is 5.94. The first-order valence-electron chi connectivity index (χ1n) is 9.89. The number of pyridine rings is 1. The van der Waals surface area contributed by atoms with E-state index in [1.165, 1.54) is 4.90 Å². The van der Waals surface area contributed by atoms with Crippen LogP contribution < -0.4 is 5.32 Å². The van der Waals surface area contributed by atoms with Gasteiger partial charge in [-0.05, 0) is 30.5 Å². The topological polar surface area (TPSA) is 67.2 Å². The summed E-state index contributed by atoms with van der Waals surface area (Å²) in [6.07, 6.45) is 2.77. The van der Waals surface area contributed by atoms with Crippen LogP contribution in [0.15, 0.2) is 60.8 Å². The summed E-state index contributed by atoms with van der Waals surface area (Å²) in [5, 5.41) is 2.87. The average molecular weight is 426 g/mol. The van der Waals surface area contributed by atoms with Crippen molar-refractivity contribution in [3.05, 3.63) is 89.5 Å². The molecule has 0 aliphatic rings. The summed E-state index contributed by atoms with van der Waals surface area (Å²) in [6, 6.07) is 14.6. The van der Waals surface area contributed by atoms with Gasteiger partial charge < -0.3 is 14.8 Å². The van der Waals surface area contributed by atoms with Gasteiger partial charge in [-0.3, -0.25) is 9.59 Å². The van der Waals surface area contributed by atoms with E-state index >= 15 is 0 Å². The van der Waals surface area contributed by atoms with Crippen molar-refractivity contribution in [1.29, 1.82) is 0 Å². The average Bonchev–Trinajstić information content (AvgIpc) is 3.18. The maximum absolute atomic E-state index is 13.5. The van der Waals surface area contributed by atoms with Gasteiger partial charge in [-0.1, -0.05) is 30.3 Å². The molecule has 0 aliphatic heterocycles. The second kappa shape index (κ2) is 9.97. The van der Waals surface area contributed by atoms with Gasteiger partial charge in [-0.2, -0.15) is 13.8 Å². The number of carbonyl (C=O) groups is 2. The van der Waals surface area contributed by atoms with E-state index in [1.54, 1.807) is 37.0 Å². The number of likely N-dealkylation sites (N-methyl/N-ethyl adjacent to an activating group) is 1. The molecule has 8 heteroatoms. The summed E-state index contributed by atoms with van der Waals surface area (Å²) < 4.78 is 28.7. The Hall–Kier alpha value is -3.55. The zero-order chi connectivity index (χ0) is 22.4. The SMILES string of the molecule is CN(C(=O)c1cc(F)nc(F)c1)[C@H](CCNC(=O)c1cccn1C)Cc1ccccc1. The van der Waals surface area contributed by atoms with E-state index in [0.717, 1.165) is 17.7 Å². The Bertz CT molecular complexity index is 1030. The monoisotopic (exact) mass is 426 g/mol. The van der Waals surface area contributed by atoms with Crippen LogP contribution in [0, 0.1) is 11.9 Å². The van der Waals surface area contributed by atoms with Crippen LogP contribution in [0.3, 0.4) is 0 Å². The number of nitrogens with one attached hydrogen (secondary N) is 1. The number of hydrogen-bond acceptors (Lipinski definition) is 3. The number of nitrogens with zero attached hydrogens (tertiary/aromatic N) is 3. The van der Waals surface area contributed by atoms with Crippen molar-refractivity contribution in [3.8, 4) is 0 Å². The molecule has 2 amide bonds. The van der Waals surface area contributed by atoms with Crippen molar-refractivity contribution in [1.82, 2.24) is 19.8 Å². The predicted molar refractivity (Wildman–Crippen MR) is 113 cm³/mol. The summed E-state index contributed by atoms with van der Waals surface area (Å²) in [7, 11) is 3.37. The van der Waals surface area contributed by atoms with Crippen LogP contribution in [-0.4, -0.2) is 45.9 Å². The number of aryl methyl sites for hydroxylation is 1. The van der Waals surface area contributed by atoms with Crippen LogP contribution in [-0.2, 0) is 13.5 Å². The van der Waals surface area contributed by atoms with Crippen LogP contribution in [0.4, 0.5) is 8.78 Å². The summed E-state index contributed by atoms with van der Waals surface area (Å²) >= 11 is 0.